The third-order valence-electron chi connectivity index (χ3n) is 2.56. The van der Waals surface area contributed by atoms with Crippen LogP contribution in [-0.2, 0) is 0 Å². The lowest BCUT2D eigenvalue weighted by atomic mass is 10.1. The monoisotopic (exact) mass is 309 g/mol. The van der Waals surface area contributed by atoms with Gasteiger partial charge in [0.05, 0.1) is 4.88 Å². The molecule has 2 aromatic rings. The standard InChI is InChI=1S/C13H12BrNOS/c1-7-3-4-9(6-11(7)15)12(16)13-10(14)5-8(2)17-13/h3-6H,15H2,1-2H3. The lowest BCUT2D eigenvalue weighted by Gasteiger charge is -2.03. The van der Waals surface area contributed by atoms with Crippen molar-refractivity contribution in [3.63, 3.8) is 0 Å². The highest BCUT2D eigenvalue weighted by molar-refractivity contribution is 9.10. The van der Waals surface area contributed by atoms with Crippen LogP contribution in [0.1, 0.15) is 25.7 Å². The van der Waals surface area contributed by atoms with Crippen molar-refractivity contribution in [2.24, 2.45) is 0 Å². The van der Waals surface area contributed by atoms with E-state index in [-0.39, 0.29) is 5.78 Å². The van der Waals surface area contributed by atoms with Crippen molar-refractivity contribution in [2.75, 3.05) is 5.73 Å². The third-order valence-corrected chi connectivity index (χ3v) is 4.49. The Kier molecular flexibility index (Phi) is 3.35. The van der Waals surface area contributed by atoms with E-state index >= 15 is 0 Å². The van der Waals surface area contributed by atoms with E-state index in [1.54, 1.807) is 6.07 Å². The Balaban J connectivity index is 2.44. The maximum absolute atomic E-state index is 12.3. The van der Waals surface area contributed by atoms with Gasteiger partial charge >= 0.3 is 0 Å². The number of nitrogen functional groups attached to an aromatic ring is 1. The molecule has 0 fully saturated rings. The minimum atomic E-state index is 0.0154. The molecule has 2 rings (SSSR count). The summed E-state index contributed by atoms with van der Waals surface area (Å²) < 4.78 is 0.851. The molecule has 0 saturated heterocycles. The minimum Gasteiger partial charge on any atom is -0.398 e. The predicted octanol–water partition coefficient (Wildman–Crippen LogP) is 3.94. The quantitative estimate of drug-likeness (QED) is 0.674. The van der Waals surface area contributed by atoms with Crippen LogP contribution in [0.2, 0.25) is 0 Å². The highest BCUT2D eigenvalue weighted by Crippen LogP contribution is 2.29. The molecular weight excluding hydrogens is 298 g/mol. The first-order valence-electron chi connectivity index (χ1n) is 5.16. The van der Waals surface area contributed by atoms with Crippen LogP contribution in [0.3, 0.4) is 0 Å². The highest BCUT2D eigenvalue weighted by atomic mass is 79.9. The number of benzene rings is 1. The maximum Gasteiger partial charge on any atom is 0.204 e. The average molecular weight is 310 g/mol. The largest absolute Gasteiger partial charge is 0.398 e. The minimum absolute atomic E-state index is 0.0154. The summed E-state index contributed by atoms with van der Waals surface area (Å²) in [5, 5.41) is 0. The van der Waals surface area contributed by atoms with E-state index in [1.807, 2.05) is 32.0 Å². The van der Waals surface area contributed by atoms with Crippen LogP contribution in [0.15, 0.2) is 28.7 Å². The molecule has 1 heterocycles. The lowest BCUT2D eigenvalue weighted by Crippen LogP contribution is -2.01. The van der Waals surface area contributed by atoms with Crippen molar-refractivity contribution in [3.8, 4) is 0 Å². The van der Waals surface area contributed by atoms with Crippen molar-refractivity contribution in [3.05, 3.63) is 49.6 Å². The van der Waals surface area contributed by atoms with Crippen LogP contribution in [0.25, 0.3) is 0 Å². The van der Waals surface area contributed by atoms with Crippen molar-refractivity contribution in [1.82, 2.24) is 0 Å². The summed E-state index contributed by atoms with van der Waals surface area (Å²) in [5.74, 6) is 0.0154. The molecule has 0 bridgehead atoms. The SMILES string of the molecule is Cc1cc(Br)c(C(=O)c2ccc(C)c(N)c2)s1. The highest BCUT2D eigenvalue weighted by Gasteiger charge is 2.15. The number of halogens is 1. The molecule has 0 amide bonds. The normalized spacial score (nSPS) is 10.5. The maximum atomic E-state index is 12.3. The summed E-state index contributed by atoms with van der Waals surface area (Å²) >= 11 is 4.90. The molecule has 0 aliphatic rings. The van der Waals surface area contributed by atoms with Gasteiger partial charge in [-0.1, -0.05) is 12.1 Å². The number of aryl methyl sites for hydroxylation is 2. The first-order valence-corrected chi connectivity index (χ1v) is 6.76. The van der Waals surface area contributed by atoms with E-state index in [9.17, 15) is 4.79 Å². The molecule has 0 saturated carbocycles. The van der Waals surface area contributed by atoms with Crippen LogP contribution >= 0.6 is 27.3 Å². The van der Waals surface area contributed by atoms with Gasteiger partial charge in [0.1, 0.15) is 0 Å². The molecule has 88 valence electrons. The number of thiophene rings is 1. The second-order valence-corrected chi connectivity index (χ2v) is 6.05. The molecule has 4 heteroatoms. The fourth-order valence-corrected chi connectivity index (χ4v) is 3.33. The third kappa shape index (κ3) is 2.42. The zero-order valence-corrected chi connectivity index (χ0v) is 12.0. The molecule has 2 nitrogen and oxygen atoms in total. The number of carbonyl (C=O) groups excluding carboxylic acids is 1. The Morgan fingerprint density at radius 1 is 1.29 bits per heavy atom. The molecule has 0 unspecified atom stereocenters. The van der Waals surface area contributed by atoms with Gasteiger partial charge in [0.25, 0.3) is 0 Å². The van der Waals surface area contributed by atoms with Crippen molar-refractivity contribution in [1.29, 1.82) is 0 Å². The van der Waals surface area contributed by atoms with Gasteiger partial charge in [-0.05, 0) is 47.5 Å². The van der Waals surface area contributed by atoms with E-state index in [0.717, 1.165) is 19.8 Å². The van der Waals surface area contributed by atoms with E-state index in [0.29, 0.717) is 11.3 Å². The number of hydrogen-bond donors (Lipinski definition) is 1. The van der Waals surface area contributed by atoms with E-state index < -0.39 is 0 Å². The summed E-state index contributed by atoms with van der Waals surface area (Å²) in [6.45, 7) is 3.91. The Morgan fingerprint density at radius 3 is 2.53 bits per heavy atom. The molecule has 0 spiro atoms. The van der Waals surface area contributed by atoms with Gasteiger partial charge in [0.15, 0.2) is 0 Å². The Labute approximate surface area is 113 Å². The number of carbonyl (C=O) groups is 1. The van der Waals surface area contributed by atoms with Gasteiger partial charge in [-0.15, -0.1) is 11.3 Å². The number of anilines is 1. The van der Waals surface area contributed by atoms with Gasteiger partial charge in [-0.25, -0.2) is 0 Å². The second kappa shape index (κ2) is 4.63. The molecule has 0 aliphatic heterocycles. The second-order valence-electron chi connectivity index (χ2n) is 3.93. The number of ketones is 1. The number of hydrogen-bond acceptors (Lipinski definition) is 3. The summed E-state index contributed by atoms with van der Waals surface area (Å²) in [6.07, 6.45) is 0. The van der Waals surface area contributed by atoms with Gasteiger partial charge < -0.3 is 5.73 Å². The first-order chi connectivity index (χ1) is 7.99. The predicted molar refractivity (Wildman–Crippen MR) is 75.8 cm³/mol. The molecule has 2 N–H and O–H groups in total. The Hall–Kier alpha value is -1.13. The topological polar surface area (TPSA) is 43.1 Å². The van der Waals surface area contributed by atoms with E-state index in [1.165, 1.54) is 11.3 Å². The summed E-state index contributed by atoms with van der Waals surface area (Å²) in [5.41, 5.74) is 8.10. The van der Waals surface area contributed by atoms with Crippen LogP contribution < -0.4 is 5.73 Å². The van der Waals surface area contributed by atoms with Gasteiger partial charge in [-0.3, -0.25) is 4.79 Å². The van der Waals surface area contributed by atoms with Crippen LogP contribution in [0, 0.1) is 13.8 Å². The fraction of sp³-hybridized carbons (Fsp3) is 0.154. The molecular formula is C13H12BrNOS. The van der Waals surface area contributed by atoms with Gasteiger partial charge in [-0.2, -0.15) is 0 Å². The zero-order valence-electron chi connectivity index (χ0n) is 9.58. The van der Waals surface area contributed by atoms with Gasteiger partial charge in [0, 0.05) is 20.6 Å². The Bertz CT molecular complexity index is 589. The fourth-order valence-electron chi connectivity index (χ4n) is 1.55. The first kappa shape index (κ1) is 12.3. The average Bonchev–Trinajstić information content (AvgIpc) is 2.61. The van der Waals surface area contributed by atoms with Crippen LogP contribution in [0.4, 0.5) is 5.69 Å². The summed E-state index contributed by atoms with van der Waals surface area (Å²) in [6, 6.07) is 7.38. The van der Waals surface area contributed by atoms with Crippen molar-refractivity contribution < 1.29 is 4.79 Å². The number of nitrogens with two attached hydrogens (primary N) is 1. The Morgan fingerprint density at radius 2 is 2.00 bits per heavy atom. The van der Waals surface area contributed by atoms with Crippen molar-refractivity contribution in [2.45, 2.75) is 13.8 Å². The van der Waals surface area contributed by atoms with E-state index in [2.05, 4.69) is 15.9 Å². The number of rotatable bonds is 2. The molecule has 17 heavy (non-hydrogen) atoms. The summed E-state index contributed by atoms with van der Waals surface area (Å²) in [4.78, 5) is 14.1. The van der Waals surface area contributed by atoms with Gasteiger partial charge in [0.2, 0.25) is 5.78 Å². The molecule has 1 aromatic heterocycles. The molecule has 0 aliphatic carbocycles. The van der Waals surface area contributed by atoms with Crippen LogP contribution in [-0.4, -0.2) is 5.78 Å². The van der Waals surface area contributed by atoms with E-state index in [4.69, 9.17) is 5.73 Å². The van der Waals surface area contributed by atoms with Crippen LogP contribution in [0.5, 0.6) is 0 Å². The molecule has 1 aromatic carbocycles. The summed E-state index contributed by atoms with van der Waals surface area (Å²) in [7, 11) is 0. The molecule has 0 atom stereocenters. The zero-order chi connectivity index (χ0) is 12.6. The van der Waals surface area contributed by atoms with Crippen molar-refractivity contribution >= 4 is 38.7 Å². The molecule has 0 radical (unpaired) electrons. The smallest absolute Gasteiger partial charge is 0.204 e. The lowest BCUT2D eigenvalue weighted by molar-refractivity contribution is 0.104.